The fraction of sp³-hybridized carbons (Fsp3) is 0.310. The molecule has 0 saturated heterocycles. The number of rotatable bonds is 10. The van der Waals surface area contributed by atoms with Crippen molar-refractivity contribution in [2.24, 2.45) is 0 Å². The summed E-state index contributed by atoms with van der Waals surface area (Å²) in [7, 11) is -4.22. The summed E-state index contributed by atoms with van der Waals surface area (Å²) in [6.45, 7) is 6.85. The molecular weight excluding hydrogens is 505 g/mol. The van der Waals surface area contributed by atoms with Crippen molar-refractivity contribution >= 4 is 27.5 Å². The Kier molecular flexibility index (Phi) is 9.27. The molecule has 0 radical (unpaired) electrons. The van der Waals surface area contributed by atoms with Gasteiger partial charge < -0.3 is 10.2 Å². The molecule has 0 aromatic heterocycles. The summed E-state index contributed by atoms with van der Waals surface area (Å²) < 4.78 is 41.8. The number of hydrogen-bond donors (Lipinski definition) is 1. The molecule has 3 aromatic rings. The van der Waals surface area contributed by atoms with Crippen LogP contribution < -0.4 is 9.62 Å². The van der Waals surface area contributed by atoms with Crippen molar-refractivity contribution in [3.05, 3.63) is 96.3 Å². The molecule has 0 heterocycles. The predicted octanol–water partition coefficient (Wildman–Crippen LogP) is 4.40. The minimum absolute atomic E-state index is 0.148. The second-order valence-electron chi connectivity index (χ2n) is 10.0. The van der Waals surface area contributed by atoms with Crippen LogP contribution in [0.3, 0.4) is 0 Å². The molecule has 0 aliphatic rings. The molecule has 202 valence electrons. The van der Waals surface area contributed by atoms with Crippen molar-refractivity contribution in [1.29, 1.82) is 0 Å². The average molecular weight is 540 g/mol. The molecule has 1 atom stereocenters. The van der Waals surface area contributed by atoms with Gasteiger partial charge in [-0.25, -0.2) is 12.8 Å². The highest BCUT2D eigenvalue weighted by Crippen LogP contribution is 2.24. The standard InChI is InChI=1S/C29H34FN3O4S/c1-22(28(35)31-29(2,3)4)32(20-19-23-11-7-5-8-12-23)27(34)21-33(25-13-9-6-10-14-25)38(36,37)26-17-15-24(30)16-18-26/h5-18,22H,19-21H2,1-4H3,(H,31,35)/t22-/m1/s1. The van der Waals surface area contributed by atoms with Gasteiger partial charge in [0.2, 0.25) is 11.8 Å². The quantitative estimate of drug-likeness (QED) is 0.414. The van der Waals surface area contributed by atoms with Crippen LogP contribution in [0.15, 0.2) is 89.8 Å². The third kappa shape index (κ3) is 7.64. The van der Waals surface area contributed by atoms with E-state index in [-0.39, 0.29) is 23.0 Å². The molecule has 3 aromatic carbocycles. The maximum absolute atomic E-state index is 13.8. The van der Waals surface area contributed by atoms with Crippen LogP contribution in [0.25, 0.3) is 0 Å². The topological polar surface area (TPSA) is 86.8 Å². The van der Waals surface area contributed by atoms with Crippen molar-refractivity contribution in [2.45, 2.75) is 50.6 Å². The number of hydrogen-bond acceptors (Lipinski definition) is 4. The Balaban J connectivity index is 1.95. The molecule has 38 heavy (non-hydrogen) atoms. The van der Waals surface area contributed by atoms with Gasteiger partial charge in [-0.3, -0.25) is 13.9 Å². The number of para-hydroxylation sites is 1. The normalized spacial score (nSPS) is 12.4. The lowest BCUT2D eigenvalue weighted by Crippen LogP contribution is -2.55. The Morgan fingerprint density at radius 2 is 1.45 bits per heavy atom. The second-order valence-corrected chi connectivity index (χ2v) is 11.9. The van der Waals surface area contributed by atoms with E-state index in [1.807, 2.05) is 51.1 Å². The summed E-state index contributed by atoms with van der Waals surface area (Å²) in [6, 6.07) is 21.4. The lowest BCUT2D eigenvalue weighted by Gasteiger charge is -2.33. The molecule has 0 spiro atoms. The number of nitrogens with zero attached hydrogens (tertiary/aromatic N) is 2. The minimum atomic E-state index is -4.22. The van der Waals surface area contributed by atoms with Gasteiger partial charge in [-0.1, -0.05) is 48.5 Å². The maximum atomic E-state index is 13.8. The van der Waals surface area contributed by atoms with Crippen LogP contribution in [0.4, 0.5) is 10.1 Å². The molecule has 7 nitrogen and oxygen atoms in total. The Morgan fingerprint density at radius 1 is 0.895 bits per heavy atom. The van der Waals surface area contributed by atoms with E-state index in [0.717, 1.165) is 34.1 Å². The van der Waals surface area contributed by atoms with E-state index < -0.39 is 39.9 Å². The Bertz CT molecular complexity index is 1330. The van der Waals surface area contributed by atoms with E-state index in [9.17, 15) is 22.4 Å². The van der Waals surface area contributed by atoms with Gasteiger partial charge in [-0.15, -0.1) is 0 Å². The van der Waals surface area contributed by atoms with Crippen molar-refractivity contribution in [3.8, 4) is 0 Å². The van der Waals surface area contributed by atoms with Crippen molar-refractivity contribution in [3.63, 3.8) is 0 Å². The zero-order valence-electron chi connectivity index (χ0n) is 22.1. The number of benzene rings is 3. The summed E-state index contributed by atoms with van der Waals surface area (Å²) in [4.78, 5) is 28.1. The lowest BCUT2D eigenvalue weighted by molar-refractivity contribution is -0.139. The summed E-state index contributed by atoms with van der Waals surface area (Å²) >= 11 is 0. The fourth-order valence-corrected chi connectivity index (χ4v) is 5.32. The zero-order valence-corrected chi connectivity index (χ0v) is 22.9. The van der Waals surface area contributed by atoms with Crippen LogP contribution in [-0.4, -0.2) is 49.8 Å². The molecule has 1 N–H and O–H groups in total. The molecule has 0 aliphatic carbocycles. The van der Waals surface area contributed by atoms with Crippen LogP contribution in [0.1, 0.15) is 33.3 Å². The SMILES string of the molecule is C[C@H](C(=O)NC(C)(C)C)N(CCc1ccccc1)C(=O)CN(c1ccccc1)S(=O)(=O)c1ccc(F)cc1. The fourth-order valence-electron chi connectivity index (χ4n) is 3.90. The third-order valence-corrected chi connectivity index (χ3v) is 7.66. The molecule has 0 saturated carbocycles. The van der Waals surface area contributed by atoms with Gasteiger partial charge in [0.25, 0.3) is 10.0 Å². The molecule has 2 amide bonds. The van der Waals surface area contributed by atoms with Crippen LogP contribution in [0, 0.1) is 5.82 Å². The van der Waals surface area contributed by atoms with E-state index in [0.29, 0.717) is 6.42 Å². The van der Waals surface area contributed by atoms with E-state index >= 15 is 0 Å². The number of carbonyl (C=O) groups excluding carboxylic acids is 2. The first kappa shape index (κ1) is 28.8. The molecule has 0 unspecified atom stereocenters. The summed E-state index contributed by atoms with van der Waals surface area (Å²) in [6.07, 6.45) is 0.482. The van der Waals surface area contributed by atoms with Crippen LogP contribution in [0.5, 0.6) is 0 Å². The minimum Gasteiger partial charge on any atom is -0.350 e. The van der Waals surface area contributed by atoms with Gasteiger partial charge >= 0.3 is 0 Å². The third-order valence-electron chi connectivity index (χ3n) is 5.87. The van der Waals surface area contributed by atoms with Crippen LogP contribution in [-0.2, 0) is 26.0 Å². The van der Waals surface area contributed by atoms with Crippen molar-refractivity contribution in [2.75, 3.05) is 17.4 Å². The highest BCUT2D eigenvalue weighted by molar-refractivity contribution is 7.92. The highest BCUT2D eigenvalue weighted by Gasteiger charge is 2.33. The number of halogens is 1. The summed E-state index contributed by atoms with van der Waals surface area (Å²) in [5, 5.41) is 2.90. The highest BCUT2D eigenvalue weighted by atomic mass is 32.2. The Labute approximate surface area is 224 Å². The number of anilines is 1. The molecule has 3 rings (SSSR count). The first-order valence-electron chi connectivity index (χ1n) is 12.4. The molecule has 9 heteroatoms. The largest absolute Gasteiger partial charge is 0.350 e. The molecule has 0 fully saturated rings. The van der Waals surface area contributed by atoms with Crippen LogP contribution >= 0.6 is 0 Å². The first-order valence-corrected chi connectivity index (χ1v) is 13.8. The monoisotopic (exact) mass is 539 g/mol. The first-order chi connectivity index (χ1) is 17.9. The smallest absolute Gasteiger partial charge is 0.264 e. The number of nitrogens with one attached hydrogen (secondary N) is 1. The summed E-state index contributed by atoms with van der Waals surface area (Å²) in [5.41, 5.74) is 0.745. The van der Waals surface area contributed by atoms with Gasteiger partial charge in [-0.05, 0) is 76.1 Å². The van der Waals surface area contributed by atoms with Crippen LogP contribution in [0.2, 0.25) is 0 Å². The second kappa shape index (κ2) is 12.2. The number of carbonyl (C=O) groups is 2. The van der Waals surface area contributed by atoms with E-state index in [2.05, 4.69) is 5.32 Å². The maximum Gasteiger partial charge on any atom is 0.264 e. The summed E-state index contributed by atoms with van der Waals surface area (Å²) in [5.74, 6) is -1.45. The molecule has 0 aliphatic heterocycles. The van der Waals surface area contributed by atoms with E-state index in [4.69, 9.17) is 0 Å². The Morgan fingerprint density at radius 3 is 2.00 bits per heavy atom. The van der Waals surface area contributed by atoms with Gasteiger partial charge in [0.05, 0.1) is 10.6 Å². The Hall–Kier alpha value is -3.72. The zero-order chi connectivity index (χ0) is 27.9. The van der Waals surface area contributed by atoms with Crippen molar-refractivity contribution < 1.29 is 22.4 Å². The van der Waals surface area contributed by atoms with E-state index in [1.54, 1.807) is 37.3 Å². The van der Waals surface area contributed by atoms with Gasteiger partial charge in [0.1, 0.15) is 18.4 Å². The number of sulfonamides is 1. The van der Waals surface area contributed by atoms with Crippen molar-refractivity contribution in [1.82, 2.24) is 10.2 Å². The lowest BCUT2D eigenvalue weighted by atomic mass is 10.1. The molecule has 0 bridgehead atoms. The van der Waals surface area contributed by atoms with Gasteiger partial charge in [0.15, 0.2) is 0 Å². The van der Waals surface area contributed by atoms with Gasteiger partial charge in [-0.2, -0.15) is 0 Å². The van der Waals surface area contributed by atoms with Gasteiger partial charge in [0, 0.05) is 12.1 Å². The number of amides is 2. The van der Waals surface area contributed by atoms with E-state index in [1.165, 1.54) is 4.90 Å². The molecular formula is C29H34FN3O4S. The predicted molar refractivity (Wildman–Crippen MR) is 147 cm³/mol. The average Bonchev–Trinajstić information content (AvgIpc) is 2.87.